The van der Waals surface area contributed by atoms with Gasteiger partial charge in [-0.05, 0) is 43.4 Å². The first-order chi connectivity index (χ1) is 14.3. The van der Waals surface area contributed by atoms with Gasteiger partial charge in [0.1, 0.15) is 0 Å². The van der Waals surface area contributed by atoms with Gasteiger partial charge in [0.25, 0.3) is 0 Å². The van der Waals surface area contributed by atoms with Crippen LogP contribution in [0.1, 0.15) is 62.2 Å². The predicted octanol–water partition coefficient (Wildman–Crippen LogP) is 4.83. The van der Waals surface area contributed by atoms with E-state index >= 15 is 0 Å². The van der Waals surface area contributed by atoms with E-state index in [4.69, 9.17) is 4.74 Å². The third-order valence-corrected chi connectivity index (χ3v) is 4.97. The van der Waals surface area contributed by atoms with Crippen LogP contribution >= 0.6 is 0 Å². The zero-order chi connectivity index (χ0) is 20.6. The normalized spacial score (nSPS) is 11.9. The van der Waals surface area contributed by atoms with Crippen LogP contribution in [0, 0.1) is 0 Å². The molecular formula is C25H35NO3. The molecule has 4 heteroatoms. The van der Waals surface area contributed by atoms with Crippen LogP contribution in [0.5, 0.6) is 0 Å². The van der Waals surface area contributed by atoms with Crippen LogP contribution in [0.25, 0.3) is 0 Å². The summed E-state index contributed by atoms with van der Waals surface area (Å²) in [4.78, 5) is 11.7. The van der Waals surface area contributed by atoms with Gasteiger partial charge in [-0.15, -0.1) is 0 Å². The number of rotatable bonds is 15. The molecule has 29 heavy (non-hydrogen) atoms. The maximum Gasteiger partial charge on any atom is 0.305 e. The first kappa shape index (κ1) is 23.1. The molecule has 0 bridgehead atoms. The summed E-state index contributed by atoms with van der Waals surface area (Å²) in [6.45, 7) is 2.04. The smallest absolute Gasteiger partial charge is 0.305 e. The quantitative estimate of drug-likeness (QED) is 0.334. The highest BCUT2D eigenvalue weighted by molar-refractivity contribution is 5.69. The van der Waals surface area contributed by atoms with Gasteiger partial charge in [0, 0.05) is 13.0 Å². The Balaban J connectivity index is 1.35. The second kappa shape index (κ2) is 14.8. The lowest BCUT2D eigenvalue weighted by atomic mass is 10.1. The van der Waals surface area contributed by atoms with Crippen molar-refractivity contribution in [3.63, 3.8) is 0 Å². The van der Waals surface area contributed by atoms with Crippen molar-refractivity contribution in [1.29, 1.82) is 0 Å². The molecule has 0 radical (unpaired) electrons. The molecule has 4 nitrogen and oxygen atoms in total. The molecule has 0 fully saturated rings. The van der Waals surface area contributed by atoms with Gasteiger partial charge in [-0.1, -0.05) is 79.9 Å². The molecule has 0 aliphatic rings. The highest BCUT2D eigenvalue weighted by Crippen LogP contribution is 2.11. The average molecular weight is 398 g/mol. The molecule has 0 heterocycles. The van der Waals surface area contributed by atoms with Crippen molar-refractivity contribution in [2.45, 2.75) is 57.5 Å². The number of aliphatic hydroxyl groups is 1. The van der Waals surface area contributed by atoms with E-state index < -0.39 is 6.10 Å². The molecule has 2 N–H and O–H groups in total. The number of ether oxygens (including phenoxy) is 1. The Morgan fingerprint density at radius 1 is 0.862 bits per heavy atom. The zero-order valence-corrected chi connectivity index (χ0v) is 17.4. The summed E-state index contributed by atoms with van der Waals surface area (Å²) < 4.78 is 5.31. The van der Waals surface area contributed by atoms with E-state index in [-0.39, 0.29) is 5.97 Å². The van der Waals surface area contributed by atoms with Crippen molar-refractivity contribution >= 4 is 5.97 Å². The highest BCUT2D eigenvalue weighted by atomic mass is 16.5. The van der Waals surface area contributed by atoms with Crippen molar-refractivity contribution in [3.8, 4) is 0 Å². The number of nitrogens with one attached hydrogen (secondary N) is 1. The number of aliphatic hydroxyl groups excluding tert-OH is 1. The number of carbonyl (C=O) groups is 1. The molecular weight excluding hydrogens is 362 g/mol. The molecule has 1 atom stereocenters. The second-order valence-corrected chi connectivity index (χ2v) is 7.46. The Morgan fingerprint density at radius 2 is 1.52 bits per heavy atom. The van der Waals surface area contributed by atoms with Gasteiger partial charge in [0.15, 0.2) is 0 Å². The summed E-state index contributed by atoms with van der Waals surface area (Å²) in [5.74, 6) is -0.0814. The third-order valence-electron chi connectivity index (χ3n) is 4.97. The van der Waals surface area contributed by atoms with Gasteiger partial charge >= 0.3 is 5.97 Å². The molecule has 2 aromatic carbocycles. The third kappa shape index (κ3) is 10.8. The van der Waals surface area contributed by atoms with Crippen LogP contribution in [0.15, 0.2) is 60.7 Å². The lowest BCUT2D eigenvalue weighted by Crippen LogP contribution is -2.22. The Morgan fingerprint density at radius 3 is 2.28 bits per heavy atom. The Labute approximate surface area is 175 Å². The minimum atomic E-state index is -0.446. The van der Waals surface area contributed by atoms with Gasteiger partial charge in [-0.3, -0.25) is 4.79 Å². The highest BCUT2D eigenvalue weighted by Gasteiger charge is 2.05. The van der Waals surface area contributed by atoms with Gasteiger partial charge in [-0.25, -0.2) is 0 Å². The Bertz CT molecular complexity index is 660. The van der Waals surface area contributed by atoms with Gasteiger partial charge in [0.05, 0.1) is 12.7 Å². The van der Waals surface area contributed by atoms with Gasteiger partial charge < -0.3 is 15.2 Å². The van der Waals surface area contributed by atoms with E-state index in [0.29, 0.717) is 19.6 Å². The van der Waals surface area contributed by atoms with E-state index in [9.17, 15) is 9.90 Å². The van der Waals surface area contributed by atoms with Gasteiger partial charge in [-0.2, -0.15) is 0 Å². The van der Waals surface area contributed by atoms with Crippen molar-refractivity contribution in [3.05, 3.63) is 71.8 Å². The number of carbonyl (C=O) groups excluding carboxylic acids is 1. The molecule has 2 aromatic rings. The monoisotopic (exact) mass is 397 g/mol. The molecule has 0 spiro atoms. The molecule has 158 valence electrons. The topological polar surface area (TPSA) is 58.6 Å². The number of benzene rings is 2. The average Bonchev–Trinajstić information content (AvgIpc) is 2.76. The van der Waals surface area contributed by atoms with Crippen molar-refractivity contribution in [1.82, 2.24) is 5.32 Å². The van der Waals surface area contributed by atoms with Crippen LogP contribution in [0.2, 0.25) is 0 Å². The first-order valence-corrected chi connectivity index (χ1v) is 10.9. The van der Waals surface area contributed by atoms with E-state index in [1.807, 2.05) is 48.5 Å². The lowest BCUT2D eigenvalue weighted by Gasteiger charge is -2.12. The van der Waals surface area contributed by atoms with Crippen molar-refractivity contribution in [2.75, 3.05) is 19.7 Å². The molecule has 0 saturated heterocycles. The SMILES string of the molecule is O=C(CCCc1ccccc1)OCCCCCCCNCC(O)c1ccccc1. The van der Waals surface area contributed by atoms with E-state index in [1.54, 1.807) is 0 Å². The standard InChI is InChI=1S/C25H35NO3/c27-24(23-16-8-5-9-17-23)21-26-19-10-2-1-3-11-20-29-25(28)18-12-15-22-13-6-4-7-14-22/h4-9,13-14,16-17,24,26-27H,1-3,10-12,15,18-21H2. The maximum absolute atomic E-state index is 11.7. The Kier molecular flexibility index (Phi) is 11.8. The van der Waals surface area contributed by atoms with Crippen LogP contribution in [0.3, 0.4) is 0 Å². The van der Waals surface area contributed by atoms with Crippen molar-refractivity contribution in [2.24, 2.45) is 0 Å². The first-order valence-electron chi connectivity index (χ1n) is 10.9. The zero-order valence-electron chi connectivity index (χ0n) is 17.4. The molecule has 0 aliphatic carbocycles. The summed E-state index contributed by atoms with van der Waals surface area (Å²) in [7, 11) is 0. The largest absolute Gasteiger partial charge is 0.466 e. The summed E-state index contributed by atoms with van der Waals surface area (Å²) in [5.41, 5.74) is 2.22. The number of hydrogen-bond donors (Lipinski definition) is 2. The molecule has 0 saturated carbocycles. The summed E-state index contributed by atoms with van der Waals surface area (Å²) in [6, 6.07) is 20.0. The van der Waals surface area contributed by atoms with Crippen LogP contribution in [0.4, 0.5) is 0 Å². The fraction of sp³-hybridized carbons (Fsp3) is 0.480. The van der Waals surface area contributed by atoms with Crippen LogP contribution in [-0.4, -0.2) is 30.8 Å². The van der Waals surface area contributed by atoms with Crippen molar-refractivity contribution < 1.29 is 14.6 Å². The summed E-state index contributed by atoms with van der Waals surface area (Å²) in [5, 5.41) is 13.4. The summed E-state index contributed by atoms with van der Waals surface area (Å²) in [6.07, 6.45) is 7.23. The van der Waals surface area contributed by atoms with Crippen LogP contribution < -0.4 is 5.32 Å². The number of esters is 1. The molecule has 0 amide bonds. The lowest BCUT2D eigenvalue weighted by molar-refractivity contribution is -0.143. The number of aryl methyl sites for hydroxylation is 1. The molecule has 2 rings (SSSR count). The minimum absolute atomic E-state index is 0.0814. The van der Waals surface area contributed by atoms with Crippen LogP contribution in [-0.2, 0) is 16.0 Å². The number of unbranched alkanes of at least 4 members (excludes halogenated alkanes) is 4. The number of hydrogen-bond acceptors (Lipinski definition) is 4. The Hall–Kier alpha value is -2.17. The minimum Gasteiger partial charge on any atom is -0.466 e. The fourth-order valence-corrected chi connectivity index (χ4v) is 3.25. The summed E-state index contributed by atoms with van der Waals surface area (Å²) >= 11 is 0. The maximum atomic E-state index is 11.7. The van der Waals surface area contributed by atoms with E-state index in [0.717, 1.165) is 57.1 Å². The van der Waals surface area contributed by atoms with Gasteiger partial charge in [0.2, 0.25) is 0 Å². The van der Waals surface area contributed by atoms with E-state index in [1.165, 1.54) is 5.56 Å². The predicted molar refractivity (Wildman–Crippen MR) is 118 cm³/mol. The molecule has 0 aromatic heterocycles. The van der Waals surface area contributed by atoms with E-state index in [2.05, 4.69) is 17.4 Å². The molecule has 1 unspecified atom stereocenters. The second-order valence-electron chi connectivity index (χ2n) is 7.46. The molecule has 0 aliphatic heterocycles. The fourth-order valence-electron chi connectivity index (χ4n) is 3.25.